The number of likely N-dealkylation sites (tertiary alicyclic amines) is 1. The largest absolute Gasteiger partial charge is 0.454 e. The number of carbonyl (C=O) groups is 3. The van der Waals surface area contributed by atoms with Crippen molar-refractivity contribution in [2.45, 2.75) is 32.2 Å². The van der Waals surface area contributed by atoms with Gasteiger partial charge in [-0.3, -0.25) is 14.5 Å². The van der Waals surface area contributed by atoms with Crippen molar-refractivity contribution in [1.29, 1.82) is 0 Å². The third kappa shape index (κ3) is 2.98. The summed E-state index contributed by atoms with van der Waals surface area (Å²) in [6.45, 7) is 4.97. The monoisotopic (exact) mass is 373 g/mol. The molecule has 2 saturated heterocycles. The minimum atomic E-state index is -1.24. The van der Waals surface area contributed by atoms with E-state index in [9.17, 15) is 14.4 Å². The molecule has 1 aromatic carbocycles. The highest BCUT2D eigenvalue weighted by Gasteiger charge is 2.50. The lowest BCUT2D eigenvalue weighted by Gasteiger charge is -2.31. The van der Waals surface area contributed by atoms with Crippen LogP contribution in [0.15, 0.2) is 18.2 Å². The second kappa shape index (κ2) is 6.44. The number of fused-ring (bicyclic) bond motifs is 1. The number of urea groups is 1. The number of carbonyl (C=O) groups excluding carboxylic acids is 3. The summed E-state index contributed by atoms with van der Waals surface area (Å²) in [7, 11) is 0. The van der Waals surface area contributed by atoms with Gasteiger partial charge < -0.3 is 19.7 Å². The average molecular weight is 373 g/mol. The molecule has 2 fully saturated rings. The number of benzene rings is 1. The first-order chi connectivity index (χ1) is 12.9. The lowest BCUT2D eigenvalue weighted by molar-refractivity contribution is -0.139. The van der Waals surface area contributed by atoms with E-state index in [2.05, 4.69) is 12.2 Å². The molecule has 1 N–H and O–H groups in total. The molecular weight excluding hydrogens is 350 g/mol. The van der Waals surface area contributed by atoms with Crippen LogP contribution in [0.3, 0.4) is 0 Å². The molecule has 0 radical (unpaired) electrons. The van der Waals surface area contributed by atoms with Crippen LogP contribution < -0.4 is 14.8 Å². The Morgan fingerprint density at radius 2 is 2.07 bits per heavy atom. The fourth-order valence-corrected chi connectivity index (χ4v) is 3.89. The highest BCUT2D eigenvalue weighted by Crippen LogP contribution is 2.37. The number of hydrogen-bond acceptors (Lipinski definition) is 5. The highest BCUT2D eigenvalue weighted by molar-refractivity contribution is 6.09. The Bertz CT molecular complexity index is 811. The first-order valence-corrected chi connectivity index (χ1v) is 9.20. The number of amides is 4. The maximum absolute atomic E-state index is 13.0. The first kappa shape index (κ1) is 17.6. The van der Waals surface area contributed by atoms with Gasteiger partial charge in [-0.15, -0.1) is 0 Å². The van der Waals surface area contributed by atoms with Crippen molar-refractivity contribution in [2.75, 3.05) is 26.4 Å². The van der Waals surface area contributed by atoms with Gasteiger partial charge >= 0.3 is 6.03 Å². The summed E-state index contributed by atoms with van der Waals surface area (Å²) in [5, 5.41) is 2.72. The molecular formula is C19H23N3O5. The third-order valence-electron chi connectivity index (χ3n) is 5.53. The molecule has 3 aliphatic rings. The van der Waals surface area contributed by atoms with E-state index < -0.39 is 17.5 Å². The van der Waals surface area contributed by atoms with Crippen molar-refractivity contribution in [2.24, 2.45) is 5.92 Å². The second-order valence-electron chi connectivity index (χ2n) is 7.60. The van der Waals surface area contributed by atoms with Gasteiger partial charge in [0.05, 0.1) is 0 Å². The summed E-state index contributed by atoms with van der Waals surface area (Å²) in [4.78, 5) is 40.8. The van der Waals surface area contributed by atoms with E-state index in [0.717, 1.165) is 17.7 Å². The molecule has 0 unspecified atom stereocenters. The number of rotatable bonds is 3. The lowest BCUT2D eigenvalue weighted by Crippen LogP contribution is -2.47. The van der Waals surface area contributed by atoms with Crippen LogP contribution in [0.2, 0.25) is 0 Å². The van der Waals surface area contributed by atoms with Gasteiger partial charge in [-0.25, -0.2) is 4.79 Å². The van der Waals surface area contributed by atoms with Crippen molar-refractivity contribution in [3.63, 3.8) is 0 Å². The van der Waals surface area contributed by atoms with Gasteiger partial charge in [0, 0.05) is 13.1 Å². The SMILES string of the molecule is C[C@@H]1CCCN(C(=O)CN2C(=O)N[C@@](C)(c3ccc4c(c3)OCO4)C2=O)C1. The normalized spacial score (nSPS) is 27.1. The third-order valence-corrected chi connectivity index (χ3v) is 5.53. The summed E-state index contributed by atoms with van der Waals surface area (Å²) in [6.07, 6.45) is 2.04. The van der Waals surface area contributed by atoms with Crippen LogP contribution in [-0.2, 0) is 15.1 Å². The Labute approximate surface area is 157 Å². The molecule has 2 atom stereocenters. The number of piperidine rings is 1. The number of ether oxygens (including phenoxy) is 2. The van der Waals surface area contributed by atoms with E-state index >= 15 is 0 Å². The van der Waals surface area contributed by atoms with Crippen molar-refractivity contribution >= 4 is 17.8 Å². The zero-order valence-corrected chi connectivity index (χ0v) is 15.5. The van der Waals surface area contributed by atoms with Gasteiger partial charge in [0.1, 0.15) is 12.1 Å². The number of hydrogen-bond donors (Lipinski definition) is 1. The predicted octanol–water partition coefficient (Wildman–Crippen LogP) is 1.44. The molecule has 0 spiro atoms. The fraction of sp³-hybridized carbons (Fsp3) is 0.526. The molecule has 0 aromatic heterocycles. The maximum atomic E-state index is 13.0. The van der Waals surface area contributed by atoms with Gasteiger partial charge in [0.25, 0.3) is 5.91 Å². The highest BCUT2D eigenvalue weighted by atomic mass is 16.7. The summed E-state index contributed by atoms with van der Waals surface area (Å²) in [5.74, 6) is 0.937. The number of nitrogens with zero attached hydrogens (tertiary/aromatic N) is 2. The van der Waals surface area contributed by atoms with E-state index in [0.29, 0.717) is 36.1 Å². The van der Waals surface area contributed by atoms with Crippen LogP contribution in [0.1, 0.15) is 32.3 Å². The van der Waals surface area contributed by atoms with Crippen LogP contribution in [0.5, 0.6) is 11.5 Å². The molecule has 0 aliphatic carbocycles. The molecule has 3 heterocycles. The molecule has 27 heavy (non-hydrogen) atoms. The Hall–Kier alpha value is -2.77. The summed E-state index contributed by atoms with van der Waals surface area (Å²) < 4.78 is 10.7. The Morgan fingerprint density at radius 3 is 2.85 bits per heavy atom. The van der Waals surface area contributed by atoms with Gasteiger partial charge in [0.2, 0.25) is 12.7 Å². The van der Waals surface area contributed by atoms with E-state index in [4.69, 9.17) is 9.47 Å². The molecule has 3 aliphatic heterocycles. The van der Waals surface area contributed by atoms with E-state index in [1.807, 2.05) is 0 Å². The van der Waals surface area contributed by atoms with Crippen LogP contribution in [-0.4, -0.2) is 54.1 Å². The Kier molecular flexibility index (Phi) is 4.20. The van der Waals surface area contributed by atoms with Crippen LogP contribution in [0.25, 0.3) is 0 Å². The minimum absolute atomic E-state index is 0.130. The molecule has 0 saturated carbocycles. The van der Waals surface area contributed by atoms with Gasteiger partial charge in [0.15, 0.2) is 11.5 Å². The molecule has 4 amide bonds. The van der Waals surface area contributed by atoms with E-state index in [1.165, 1.54) is 0 Å². The van der Waals surface area contributed by atoms with E-state index in [-0.39, 0.29) is 19.2 Å². The number of imide groups is 1. The molecule has 0 bridgehead atoms. The zero-order chi connectivity index (χ0) is 19.2. The molecule has 8 heteroatoms. The average Bonchev–Trinajstić information content (AvgIpc) is 3.20. The second-order valence-corrected chi connectivity index (χ2v) is 7.60. The topological polar surface area (TPSA) is 88.2 Å². The summed E-state index contributed by atoms with van der Waals surface area (Å²) in [5.41, 5.74) is -0.653. The molecule has 144 valence electrons. The van der Waals surface area contributed by atoms with Crippen molar-refractivity contribution in [1.82, 2.24) is 15.1 Å². The molecule has 1 aromatic rings. The minimum Gasteiger partial charge on any atom is -0.454 e. The maximum Gasteiger partial charge on any atom is 0.325 e. The Morgan fingerprint density at radius 1 is 1.30 bits per heavy atom. The van der Waals surface area contributed by atoms with Crippen molar-refractivity contribution in [3.05, 3.63) is 23.8 Å². The van der Waals surface area contributed by atoms with Crippen LogP contribution in [0.4, 0.5) is 4.79 Å². The van der Waals surface area contributed by atoms with Crippen LogP contribution >= 0.6 is 0 Å². The van der Waals surface area contributed by atoms with Gasteiger partial charge in [-0.05, 0) is 43.4 Å². The predicted molar refractivity (Wildman–Crippen MR) is 95.1 cm³/mol. The fourth-order valence-electron chi connectivity index (χ4n) is 3.89. The summed E-state index contributed by atoms with van der Waals surface area (Å²) in [6, 6.07) is 4.57. The van der Waals surface area contributed by atoms with Gasteiger partial charge in [-0.2, -0.15) is 0 Å². The van der Waals surface area contributed by atoms with Crippen LogP contribution in [0, 0.1) is 5.92 Å². The zero-order valence-electron chi connectivity index (χ0n) is 15.5. The standard InChI is InChI=1S/C19H23N3O5/c1-12-4-3-7-21(9-12)16(23)10-22-17(24)19(2,20-18(22)25)13-5-6-14-15(8-13)27-11-26-14/h5-6,8,12H,3-4,7,9-11H2,1-2H3,(H,20,25)/t12-,19+/m1/s1. The first-order valence-electron chi connectivity index (χ1n) is 9.20. The van der Waals surface area contributed by atoms with E-state index in [1.54, 1.807) is 30.0 Å². The van der Waals surface area contributed by atoms with Crippen molar-refractivity contribution in [3.8, 4) is 11.5 Å². The lowest BCUT2D eigenvalue weighted by atomic mass is 9.91. The van der Waals surface area contributed by atoms with Crippen molar-refractivity contribution < 1.29 is 23.9 Å². The summed E-state index contributed by atoms with van der Waals surface area (Å²) >= 11 is 0. The quantitative estimate of drug-likeness (QED) is 0.810. The van der Waals surface area contributed by atoms with Gasteiger partial charge in [-0.1, -0.05) is 13.0 Å². The Balaban J connectivity index is 1.52. The number of nitrogens with one attached hydrogen (secondary N) is 1. The smallest absolute Gasteiger partial charge is 0.325 e. The molecule has 8 nitrogen and oxygen atoms in total. The molecule has 4 rings (SSSR count).